The number of aliphatic hydroxyl groups is 1. The molecule has 5 heteroatoms. The van der Waals surface area contributed by atoms with Crippen molar-refractivity contribution in [2.24, 2.45) is 11.1 Å². The number of hydrogen-bond acceptors (Lipinski definition) is 5. The van der Waals surface area contributed by atoms with Crippen molar-refractivity contribution in [1.82, 2.24) is 5.32 Å². The fourth-order valence-electron chi connectivity index (χ4n) is 1.49. The fourth-order valence-corrected chi connectivity index (χ4v) is 2.21. The van der Waals surface area contributed by atoms with Gasteiger partial charge in [-0.05, 0) is 29.6 Å². The zero-order chi connectivity index (χ0) is 15.9. The van der Waals surface area contributed by atoms with E-state index in [0.29, 0.717) is 0 Å². The van der Waals surface area contributed by atoms with Crippen molar-refractivity contribution >= 4 is 23.1 Å². The van der Waals surface area contributed by atoms with Gasteiger partial charge in [-0.15, -0.1) is 11.8 Å². The molecule has 0 aliphatic carbocycles. The first-order valence-corrected chi connectivity index (χ1v) is 8.22. The molecule has 21 heavy (non-hydrogen) atoms. The first-order valence-electron chi connectivity index (χ1n) is 7.17. The first-order chi connectivity index (χ1) is 9.84. The Morgan fingerprint density at radius 1 is 1.33 bits per heavy atom. The molecule has 5 N–H and O–H groups in total. The van der Waals surface area contributed by atoms with Crippen LogP contribution in [-0.2, 0) is 0 Å². The highest BCUT2D eigenvalue weighted by Crippen LogP contribution is 2.22. The van der Waals surface area contributed by atoms with Crippen molar-refractivity contribution < 1.29 is 5.11 Å². The lowest BCUT2D eigenvalue weighted by Crippen LogP contribution is -2.33. The van der Waals surface area contributed by atoms with Crippen LogP contribution in [-0.4, -0.2) is 23.8 Å². The molecule has 0 radical (unpaired) electrons. The largest absolute Gasteiger partial charge is 0.398 e. The third-order valence-corrected chi connectivity index (χ3v) is 3.78. The van der Waals surface area contributed by atoms with Gasteiger partial charge in [0.1, 0.15) is 6.23 Å². The Kier molecular flexibility index (Phi) is 7.08. The van der Waals surface area contributed by atoms with Crippen LogP contribution in [0.3, 0.4) is 0 Å². The Hall–Kier alpha value is -1.17. The van der Waals surface area contributed by atoms with Gasteiger partial charge in [0, 0.05) is 22.7 Å². The summed E-state index contributed by atoms with van der Waals surface area (Å²) in [6, 6.07) is 7.77. The summed E-state index contributed by atoms with van der Waals surface area (Å²) < 4.78 is 0. The Labute approximate surface area is 132 Å². The number of hydrogen-bond donors (Lipinski definition) is 4. The number of benzene rings is 1. The quantitative estimate of drug-likeness (QED) is 0.460. The Morgan fingerprint density at radius 2 is 1.95 bits per heavy atom. The van der Waals surface area contributed by atoms with E-state index in [1.165, 1.54) is 0 Å². The van der Waals surface area contributed by atoms with Gasteiger partial charge in [0.15, 0.2) is 0 Å². The Bertz CT molecular complexity index is 452. The molecular weight excluding hydrogens is 282 g/mol. The van der Waals surface area contributed by atoms with Crippen molar-refractivity contribution in [2.75, 3.05) is 17.7 Å². The van der Waals surface area contributed by atoms with Gasteiger partial charge in [-0.25, -0.2) is 0 Å². The van der Waals surface area contributed by atoms with E-state index >= 15 is 0 Å². The highest BCUT2D eigenvalue weighted by molar-refractivity contribution is 8.02. The summed E-state index contributed by atoms with van der Waals surface area (Å²) in [7, 11) is 0. The molecule has 0 fully saturated rings. The van der Waals surface area contributed by atoms with Gasteiger partial charge in [0.25, 0.3) is 0 Å². The topological polar surface area (TPSA) is 70.3 Å². The summed E-state index contributed by atoms with van der Waals surface area (Å²) in [6.45, 7) is 8.99. The maximum absolute atomic E-state index is 10.0. The van der Waals surface area contributed by atoms with Crippen LogP contribution in [0.25, 0.3) is 5.70 Å². The van der Waals surface area contributed by atoms with Gasteiger partial charge in [0.05, 0.1) is 0 Å². The molecule has 0 aliphatic rings. The average molecular weight is 309 g/mol. The third-order valence-electron chi connectivity index (χ3n) is 2.99. The molecule has 0 spiro atoms. The molecule has 1 aromatic carbocycles. The molecule has 1 rings (SSSR count). The Balaban J connectivity index is 2.61. The van der Waals surface area contributed by atoms with E-state index in [1.807, 2.05) is 50.4 Å². The van der Waals surface area contributed by atoms with Gasteiger partial charge in [-0.1, -0.05) is 39.8 Å². The molecule has 0 saturated carbocycles. The van der Waals surface area contributed by atoms with Crippen LogP contribution < -0.4 is 16.4 Å². The lowest BCUT2D eigenvalue weighted by atomic mass is 9.94. The summed E-state index contributed by atoms with van der Waals surface area (Å²) in [5.41, 5.74) is 8.45. The van der Waals surface area contributed by atoms with Crippen molar-refractivity contribution in [3.8, 4) is 0 Å². The summed E-state index contributed by atoms with van der Waals surface area (Å²) in [6.07, 6.45) is -0.591. The Morgan fingerprint density at radius 3 is 2.48 bits per heavy atom. The van der Waals surface area contributed by atoms with Crippen LogP contribution in [0.15, 0.2) is 29.7 Å². The predicted molar refractivity (Wildman–Crippen MR) is 93.8 cm³/mol. The van der Waals surface area contributed by atoms with Crippen LogP contribution >= 0.6 is 11.8 Å². The van der Waals surface area contributed by atoms with E-state index in [-0.39, 0.29) is 5.41 Å². The van der Waals surface area contributed by atoms with Crippen LogP contribution in [0.1, 0.15) is 33.3 Å². The molecule has 0 aliphatic heterocycles. The van der Waals surface area contributed by atoms with Gasteiger partial charge in [-0.3, -0.25) is 0 Å². The van der Waals surface area contributed by atoms with Crippen molar-refractivity contribution in [1.29, 1.82) is 0 Å². The van der Waals surface area contributed by atoms with Crippen LogP contribution in [0.5, 0.6) is 0 Å². The molecule has 0 bridgehead atoms. The van der Waals surface area contributed by atoms with Crippen molar-refractivity contribution in [3.63, 3.8) is 0 Å². The van der Waals surface area contributed by atoms with Gasteiger partial charge < -0.3 is 21.5 Å². The average Bonchev–Trinajstić information content (AvgIpc) is 2.43. The third kappa shape index (κ3) is 6.42. The molecule has 1 atom stereocenters. The second-order valence-electron chi connectivity index (χ2n) is 5.98. The van der Waals surface area contributed by atoms with E-state index in [2.05, 4.69) is 17.6 Å². The standard InChI is InChI=1S/C16H27N3OS/c1-5-18-11-21-10-14(17)12-6-8-13(9-7-12)19-15(20)16(2,3)4/h6-10,15,18-20H,5,11,17H2,1-4H3/b14-10-. The number of thioether (sulfide) groups is 1. The molecule has 118 valence electrons. The number of nitrogens with one attached hydrogen (secondary N) is 2. The molecule has 0 saturated heterocycles. The zero-order valence-corrected chi connectivity index (χ0v) is 14.1. The molecule has 4 nitrogen and oxygen atoms in total. The predicted octanol–water partition coefficient (Wildman–Crippen LogP) is 3.02. The lowest BCUT2D eigenvalue weighted by molar-refractivity contribution is 0.0880. The highest BCUT2D eigenvalue weighted by atomic mass is 32.2. The van der Waals surface area contributed by atoms with E-state index in [9.17, 15) is 5.11 Å². The zero-order valence-electron chi connectivity index (χ0n) is 13.3. The van der Waals surface area contributed by atoms with Crippen LogP contribution in [0, 0.1) is 5.41 Å². The van der Waals surface area contributed by atoms with Gasteiger partial charge in [-0.2, -0.15) is 0 Å². The molecule has 0 heterocycles. The molecular formula is C16H27N3OS. The summed E-state index contributed by atoms with van der Waals surface area (Å²) in [4.78, 5) is 0. The van der Waals surface area contributed by atoms with E-state index < -0.39 is 6.23 Å². The van der Waals surface area contributed by atoms with Crippen LogP contribution in [0.4, 0.5) is 5.69 Å². The van der Waals surface area contributed by atoms with Gasteiger partial charge >= 0.3 is 0 Å². The van der Waals surface area contributed by atoms with E-state index in [0.717, 1.165) is 29.4 Å². The number of rotatable bonds is 7. The molecule has 0 aromatic heterocycles. The summed E-state index contributed by atoms with van der Waals surface area (Å²) in [5.74, 6) is 0.856. The maximum Gasteiger partial charge on any atom is 0.129 e. The highest BCUT2D eigenvalue weighted by Gasteiger charge is 2.21. The van der Waals surface area contributed by atoms with E-state index in [4.69, 9.17) is 5.73 Å². The smallest absolute Gasteiger partial charge is 0.129 e. The maximum atomic E-state index is 10.0. The lowest BCUT2D eigenvalue weighted by Gasteiger charge is -2.27. The second kappa shape index (κ2) is 8.32. The normalized spacial score (nSPS) is 14.0. The monoisotopic (exact) mass is 309 g/mol. The molecule has 0 amide bonds. The minimum absolute atomic E-state index is 0.208. The minimum Gasteiger partial charge on any atom is -0.398 e. The number of anilines is 1. The summed E-state index contributed by atoms with van der Waals surface area (Å²) in [5, 5.41) is 18.3. The number of aliphatic hydroxyl groups excluding tert-OH is 1. The van der Waals surface area contributed by atoms with Crippen molar-refractivity contribution in [2.45, 2.75) is 33.9 Å². The summed E-state index contributed by atoms with van der Waals surface area (Å²) >= 11 is 1.65. The molecule has 1 aromatic rings. The molecule has 1 unspecified atom stereocenters. The SMILES string of the molecule is CCNCS/C=C(\N)c1ccc(NC(O)C(C)(C)C)cc1. The first kappa shape index (κ1) is 17.9. The number of nitrogens with two attached hydrogens (primary N) is 1. The van der Waals surface area contributed by atoms with Crippen LogP contribution in [0.2, 0.25) is 0 Å². The second-order valence-corrected chi connectivity index (χ2v) is 6.84. The fraction of sp³-hybridized carbons (Fsp3) is 0.500. The van der Waals surface area contributed by atoms with E-state index in [1.54, 1.807) is 11.8 Å². The van der Waals surface area contributed by atoms with Crippen molar-refractivity contribution in [3.05, 3.63) is 35.2 Å². The van der Waals surface area contributed by atoms with Gasteiger partial charge in [0.2, 0.25) is 0 Å². The minimum atomic E-state index is -0.591.